The summed E-state index contributed by atoms with van der Waals surface area (Å²) in [6.45, 7) is 1.85. The van der Waals surface area contributed by atoms with Crippen molar-refractivity contribution in [2.75, 3.05) is 0 Å². The monoisotopic (exact) mass is 357 g/mol. The second-order valence-electron chi connectivity index (χ2n) is 5.74. The minimum absolute atomic E-state index is 0.0387. The molecule has 1 aliphatic carbocycles. The van der Waals surface area contributed by atoms with E-state index < -0.39 is 11.2 Å². The van der Waals surface area contributed by atoms with E-state index in [4.69, 9.17) is 9.25 Å². The van der Waals surface area contributed by atoms with E-state index in [0.29, 0.717) is 12.0 Å². The molecule has 1 aliphatic rings. The van der Waals surface area contributed by atoms with Crippen molar-refractivity contribution in [3.8, 4) is 6.01 Å². The molecule has 128 valence electrons. The lowest BCUT2D eigenvalue weighted by Gasteiger charge is -2.12. The summed E-state index contributed by atoms with van der Waals surface area (Å²) >= 11 is 1.70. The second-order valence-corrected chi connectivity index (χ2v) is 6.74. The first-order chi connectivity index (χ1) is 12.2. The maximum atomic E-state index is 12.3. The Kier molecular flexibility index (Phi) is 3.96. The van der Waals surface area contributed by atoms with Gasteiger partial charge < -0.3 is 9.25 Å². The van der Waals surface area contributed by atoms with Crippen LogP contribution >= 0.6 is 11.3 Å². The Morgan fingerprint density at radius 2 is 2.28 bits per heavy atom. The molecule has 3 heterocycles. The first kappa shape index (κ1) is 15.8. The maximum absolute atomic E-state index is 12.3. The van der Waals surface area contributed by atoms with Crippen LogP contribution in [0.1, 0.15) is 35.8 Å². The fourth-order valence-corrected chi connectivity index (χ4v) is 3.93. The highest BCUT2D eigenvalue weighted by Crippen LogP contribution is 2.26. The van der Waals surface area contributed by atoms with Crippen LogP contribution in [0.15, 0.2) is 36.7 Å². The molecule has 0 saturated heterocycles. The molecule has 0 aliphatic heterocycles. The summed E-state index contributed by atoms with van der Waals surface area (Å²) in [5.74, 6) is 0. The van der Waals surface area contributed by atoms with Crippen LogP contribution < -0.4 is 16.0 Å². The normalized spacial score (nSPS) is 15.5. The van der Waals surface area contributed by atoms with Gasteiger partial charge in [0.25, 0.3) is 5.56 Å². The van der Waals surface area contributed by atoms with E-state index in [2.05, 4.69) is 15.1 Å². The molecule has 3 aromatic rings. The van der Waals surface area contributed by atoms with Crippen molar-refractivity contribution < 1.29 is 9.25 Å². The number of nitrogens with one attached hydrogen (secondary N) is 1. The number of aromatic amines is 1. The van der Waals surface area contributed by atoms with Crippen LogP contribution in [-0.2, 0) is 12.8 Å². The van der Waals surface area contributed by atoms with Gasteiger partial charge in [-0.2, -0.15) is 4.98 Å². The van der Waals surface area contributed by atoms with Crippen LogP contribution in [0.4, 0.5) is 0 Å². The van der Waals surface area contributed by atoms with Gasteiger partial charge in [0.05, 0.1) is 5.71 Å². The number of nitrogens with zero attached hydrogens (tertiary/aromatic N) is 2. The summed E-state index contributed by atoms with van der Waals surface area (Å²) in [7, 11) is 0. The number of oxime groups is 1. The van der Waals surface area contributed by atoms with Crippen LogP contribution in [0.2, 0.25) is 0 Å². The third-order valence-electron chi connectivity index (χ3n) is 4.17. The summed E-state index contributed by atoms with van der Waals surface area (Å²) < 4.78 is 5.05. The number of aromatic nitrogens is 2. The molecule has 7 nitrogen and oxygen atoms in total. The average Bonchev–Trinajstić information content (AvgIpc) is 3.08. The molecule has 0 aromatic carbocycles. The Balaban J connectivity index is 1.73. The van der Waals surface area contributed by atoms with E-state index in [1.807, 2.05) is 18.4 Å². The van der Waals surface area contributed by atoms with Gasteiger partial charge in [-0.3, -0.25) is 9.78 Å². The van der Waals surface area contributed by atoms with Crippen LogP contribution in [0.3, 0.4) is 0 Å². The predicted octanol–water partition coefficient (Wildman–Crippen LogP) is 2.62. The highest BCUT2D eigenvalue weighted by Gasteiger charge is 2.18. The van der Waals surface area contributed by atoms with Gasteiger partial charge in [0.2, 0.25) is 5.71 Å². The number of hydrogen-bond acceptors (Lipinski definition) is 7. The van der Waals surface area contributed by atoms with Crippen LogP contribution in [-0.4, -0.2) is 15.7 Å². The molecular formula is C17H15N3O4S. The van der Waals surface area contributed by atoms with Crippen molar-refractivity contribution in [1.29, 1.82) is 0 Å². The zero-order valence-corrected chi connectivity index (χ0v) is 14.3. The molecule has 0 radical (unpaired) electrons. The molecule has 0 fully saturated rings. The second kappa shape index (κ2) is 6.29. The van der Waals surface area contributed by atoms with Gasteiger partial charge in [-0.05, 0) is 42.7 Å². The Labute approximate surface area is 146 Å². The molecule has 0 spiro atoms. The van der Waals surface area contributed by atoms with Crippen LogP contribution in [0.25, 0.3) is 11.1 Å². The topological polar surface area (TPSA) is 97.5 Å². The number of thiophene rings is 1. The molecule has 0 saturated carbocycles. The highest BCUT2D eigenvalue weighted by atomic mass is 32.1. The molecule has 1 N–H and O–H groups in total. The highest BCUT2D eigenvalue weighted by molar-refractivity contribution is 7.10. The van der Waals surface area contributed by atoms with Crippen molar-refractivity contribution in [2.45, 2.75) is 32.6 Å². The van der Waals surface area contributed by atoms with Crippen LogP contribution in [0, 0.1) is 0 Å². The van der Waals surface area contributed by atoms with Gasteiger partial charge >= 0.3 is 11.6 Å². The van der Waals surface area contributed by atoms with Gasteiger partial charge in [0.15, 0.2) is 0 Å². The number of hydrogen-bond donors (Lipinski definition) is 1. The quantitative estimate of drug-likeness (QED) is 0.727. The fourth-order valence-electron chi connectivity index (χ4n) is 2.99. The molecule has 8 heteroatoms. The van der Waals surface area contributed by atoms with Crippen molar-refractivity contribution in [3.05, 3.63) is 54.3 Å². The van der Waals surface area contributed by atoms with E-state index in [-0.39, 0.29) is 17.1 Å². The zero-order chi connectivity index (χ0) is 17.4. The van der Waals surface area contributed by atoms with Gasteiger partial charge in [-0.25, -0.2) is 4.79 Å². The lowest BCUT2D eigenvalue weighted by molar-refractivity contribution is 0.310. The maximum Gasteiger partial charge on any atom is 0.337 e. The van der Waals surface area contributed by atoms with E-state index in [0.717, 1.165) is 30.5 Å². The molecular weight excluding hydrogens is 342 g/mol. The Hall–Kier alpha value is -2.74. The van der Waals surface area contributed by atoms with E-state index >= 15 is 0 Å². The standard InChI is InChI=1S/C17H15N3O4S/c1-2-9-8-13(21)23-16-14(9)15(22)18-17(19-16)24-20-11-4-3-5-12-10(11)6-7-25-12/h6-8H,2-5H2,1H3,(H,18,19,22). The molecule has 3 aromatic heterocycles. The van der Waals surface area contributed by atoms with Crippen LogP contribution in [0.5, 0.6) is 6.01 Å². The molecule has 0 atom stereocenters. The van der Waals surface area contributed by atoms with E-state index in [9.17, 15) is 9.59 Å². The van der Waals surface area contributed by atoms with Crippen molar-refractivity contribution >= 4 is 28.1 Å². The largest absolute Gasteiger partial charge is 0.403 e. The number of H-pyrrole nitrogens is 1. The van der Waals surface area contributed by atoms with Crippen molar-refractivity contribution in [2.24, 2.45) is 5.16 Å². The Morgan fingerprint density at radius 1 is 1.40 bits per heavy atom. The summed E-state index contributed by atoms with van der Waals surface area (Å²) in [6, 6.07) is 3.23. The summed E-state index contributed by atoms with van der Waals surface area (Å²) in [4.78, 5) is 37.2. The molecule has 0 unspecified atom stereocenters. The molecule has 4 rings (SSSR count). The number of rotatable bonds is 3. The first-order valence-electron chi connectivity index (χ1n) is 8.03. The predicted molar refractivity (Wildman–Crippen MR) is 94.7 cm³/mol. The lowest BCUT2D eigenvalue weighted by atomic mass is 9.97. The average molecular weight is 357 g/mol. The fraction of sp³-hybridized carbons (Fsp3) is 0.294. The third kappa shape index (κ3) is 2.89. The van der Waals surface area contributed by atoms with E-state index in [1.54, 1.807) is 11.3 Å². The number of aryl methyl sites for hydroxylation is 2. The SMILES string of the molecule is CCc1cc(=O)oc2nc(ON=C3CCCc4sccc43)[nH]c(=O)c12. The van der Waals surface area contributed by atoms with Gasteiger partial charge in [0, 0.05) is 16.5 Å². The minimum Gasteiger partial charge on any atom is -0.403 e. The van der Waals surface area contributed by atoms with Crippen molar-refractivity contribution in [1.82, 2.24) is 9.97 Å². The Bertz CT molecular complexity index is 1090. The lowest BCUT2D eigenvalue weighted by Crippen LogP contribution is -2.15. The Morgan fingerprint density at radius 3 is 3.12 bits per heavy atom. The van der Waals surface area contributed by atoms with E-state index in [1.165, 1.54) is 10.9 Å². The molecule has 25 heavy (non-hydrogen) atoms. The smallest absolute Gasteiger partial charge is 0.337 e. The van der Waals surface area contributed by atoms with Gasteiger partial charge in [-0.15, -0.1) is 11.3 Å². The first-order valence-corrected chi connectivity index (χ1v) is 8.91. The molecule has 0 amide bonds. The third-order valence-corrected chi connectivity index (χ3v) is 5.15. The molecule has 0 bridgehead atoms. The van der Waals surface area contributed by atoms with Gasteiger partial charge in [-0.1, -0.05) is 12.1 Å². The number of fused-ring (bicyclic) bond motifs is 2. The van der Waals surface area contributed by atoms with Crippen molar-refractivity contribution in [3.63, 3.8) is 0 Å². The minimum atomic E-state index is -0.546. The van der Waals surface area contributed by atoms with Gasteiger partial charge in [0.1, 0.15) is 5.39 Å². The summed E-state index contributed by atoms with van der Waals surface area (Å²) in [5, 5.41) is 6.44. The summed E-state index contributed by atoms with van der Waals surface area (Å²) in [6.07, 6.45) is 3.38. The zero-order valence-electron chi connectivity index (χ0n) is 13.5. The summed E-state index contributed by atoms with van der Waals surface area (Å²) in [5.41, 5.74) is 1.50.